The van der Waals surface area contributed by atoms with Gasteiger partial charge in [0, 0.05) is 0 Å². The number of alkyl halides is 6. The van der Waals surface area contributed by atoms with Gasteiger partial charge >= 0.3 is 137 Å². The molecule has 0 heterocycles. The van der Waals surface area contributed by atoms with E-state index >= 15 is 0 Å². The second-order valence-electron chi connectivity index (χ2n) is 18.7. The van der Waals surface area contributed by atoms with E-state index in [0.717, 1.165) is 61.3 Å². The molecule has 6 rings (SSSR count). The van der Waals surface area contributed by atoms with E-state index in [0.29, 0.717) is 3.21 Å². The van der Waals surface area contributed by atoms with Crippen molar-refractivity contribution in [2.75, 3.05) is 0 Å². The minimum absolute atomic E-state index is 0.0968. The van der Waals surface area contributed by atoms with Gasteiger partial charge in [0.05, 0.1) is 0 Å². The summed E-state index contributed by atoms with van der Waals surface area (Å²) in [6, 6.07) is 20.6. The number of halogens is 6. The molecule has 0 spiro atoms. The molecule has 0 fully saturated rings. The fraction of sp³-hybridized carbons (Fsp3) is 0.408. The van der Waals surface area contributed by atoms with Crippen molar-refractivity contribution in [1.29, 1.82) is 0 Å². The summed E-state index contributed by atoms with van der Waals surface area (Å²) in [6.45, 7) is 28.0. The molecule has 0 radical (unpaired) electrons. The van der Waals surface area contributed by atoms with Gasteiger partial charge in [-0.2, -0.15) is 23.8 Å². The van der Waals surface area contributed by atoms with Gasteiger partial charge in [-0.15, -0.1) is 23.1 Å². The van der Waals surface area contributed by atoms with E-state index in [9.17, 15) is 26.3 Å². The molecule has 0 amide bonds. The first-order chi connectivity index (χ1) is 25.5. The first kappa shape index (κ1) is 45.4. The molecule has 0 saturated carbocycles. The zero-order valence-corrected chi connectivity index (χ0v) is 37.2. The van der Waals surface area contributed by atoms with Crippen molar-refractivity contribution in [2.24, 2.45) is 0 Å². The fourth-order valence-electron chi connectivity index (χ4n) is 6.83. The van der Waals surface area contributed by atoms with Crippen molar-refractivity contribution >= 4 is 3.21 Å². The molecule has 0 nitrogen and oxygen atoms in total. The van der Waals surface area contributed by atoms with Crippen LogP contribution in [0.4, 0.5) is 26.3 Å². The van der Waals surface area contributed by atoms with Gasteiger partial charge in [0.1, 0.15) is 0 Å². The Balaban J connectivity index is 0.000000227. The SMILES string of the molecule is CC(C)(C)c1[c-]c2c(cc1C(C)(C)C)-c1cc(C(C)(C)C)c(C(C)(C)C)cc1C2.FC(F)(F)c1cccc([C](=[Zr+2])c2cccc(C(F)(F)F)c2)c1.[C-]1=CC=CC1. The quantitative estimate of drug-likeness (QED) is 0.123. The molecule has 2 aliphatic rings. The summed E-state index contributed by atoms with van der Waals surface area (Å²) in [5.41, 5.74) is 10.8. The van der Waals surface area contributed by atoms with Crippen molar-refractivity contribution in [3.63, 3.8) is 0 Å². The Hall–Kier alpha value is -3.31. The van der Waals surface area contributed by atoms with Crippen LogP contribution in [0.1, 0.15) is 145 Å². The van der Waals surface area contributed by atoms with E-state index in [1.165, 1.54) is 68.8 Å². The number of hydrogen-bond donors (Lipinski definition) is 0. The maximum Gasteiger partial charge on any atom is -0.109 e. The van der Waals surface area contributed by atoms with Crippen LogP contribution in [-0.4, -0.2) is 3.21 Å². The van der Waals surface area contributed by atoms with Crippen LogP contribution in [0.2, 0.25) is 0 Å². The van der Waals surface area contributed by atoms with E-state index < -0.39 is 23.5 Å². The molecule has 296 valence electrons. The predicted octanol–water partition coefficient (Wildman–Crippen LogP) is 14.4. The summed E-state index contributed by atoms with van der Waals surface area (Å²) in [7, 11) is 0. The van der Waals surface area contributed by atoms with E-state index in [4.69, 9.17) is 0 Å². The Labute approximate surface area is 345 Å². The number of hydrogen-bond acceptors (Lipinski definition) is 0. The Bertz CT molecular complexity index is 1970. The predicted molar refractivity (Wildman–Crippen MR) is 216 cm³/mol. The summed E-state index contributed by atoms with van der Waals surface area (Å²) >= 11 is 0.729. The molecule has 0 unspecified atom stereocenters. The molecule has 0 aliphatic heterocycles. The largest absolute Gasteiger partial charge is 0.273 e. The van der Waals surface area contributed by atoms with Crippen LogP contribution >= 0.6 is 0 Å². The summed E-state index contributed by atoms with van der Waals surface area (Å²) in [5, 5.41) is 0. The summed E-state index contributed by atoms with van der Waals surface area (Å²) in [6.07, 6.45) is 2.03. The van der Waals surface area contributed by atoms with Gasteiger partial charge in [0.2, 0.25) is 0 Å². The molecule has 56 heavy (non-hydrogen) atoms. The standard InChI is InChI=1S/C29H41.C15H8F6.C5H5.Zr/c1-26(2,3)22-14-18-13-19-15-23(27(4,5)6)25(29(10,11)12)17-21(19)20(18)16-24(22)28(7,8)9;16-14(17,18)12-5-1-3-10(8-12)7-11-4-2-6-13(9-11)15(19,20)21;1-2-4-5-3-1;/h14,16-17H,13H2,1-12H3;1-6,8-9H;1-3H,4H2;/q-1;;-1;+2. The third-order valence-electron chi connectivity index (χ3n) is 9.78. The maximum absolute atomic E-state index is 12.7. The smallest absolute Gasteiger partial charge is 0.109 e. The number of rotatable bonds is 2. The van der Waals surface area contributed by atoms with Crippen LogP contribution in [0.15, 0.2) is 85.0 Å². The normalized spacial score (nSPS) is 14.1. The molecule has 0 saturated heterocycles. The van der Waals surface area contributed by atoms with Crippen LogP contribution in [0.25, 0.3) is 11.1 Å². The van der Waals surface area contributed by atoms with Crippen LogP contribution in [0.5, 0.6) is 0 Å². The van der Waals surface area contributed by atoms with Gasteiger partial charge in [-0.25, -0.2) is 12.2 Å². The topological polar surface area (TPSA) is 0 Å². The van der Waals surface area contributed by atoms with Crippen LogP contribution in [-0.2, 0) is 64.7 Å². The van der Waals surface area contributed by atoms with E-state index in [1.54, 1.807) is 0 Å². The third-order valence-corrected chi connectivity index (χ3v) is 11.2. The van der Waals surface area contributed by atoms with E-state index in [-0.39, 0.29) is 32.8 Å². The monoisotopic (exact) mass is 846 g/mol. The minimum Gasteiger partial charge on any atom is -0.273 e. The zero-order chi connectivity index (χ0) is 42.2. The number of fused-ring (bicyclic) bond motifs is 3. The van der Waals surface area contributed by atoms with Gasteiger partial charge in [-0.1, -0.05) is 106 Å². The summed E-state index contributed by atoms with van der Waals surface area (Å²) in [5.74, 6) is 0. The Kier molecular flexibility index (Phi) is 13.4. The third kappa shape index (κ3) is 11.2. The van der Waals surface area contributed by atoms with Gasteiger partial charge in [0.25, 0.3) is 0 Å². The second kappa shape index (κ2) is 16.5. The van der Waals surface area contributed by atoms with Crippen molar-refractivity contribution in [3.8, 4) is 11.1 Å². The molecule has 4 aromatic carbocycles. The van der Waals surface area contributed by atoms with Crippen molar-refractivity contribution in [2.45, 2.75) is 130 Å². The van der Waals surface area contributed by atoms with Gasteiger partial charge in [-0.05, 0) is 39.4 Å². The molecule has 0 atom stereocenters. The van der Waals surface area contributed by atoms with E-state index in [1.807, 2.05) is 12.2 Å². The van der Waals surface area contributed by atoms with Crippen LogP contribution in [0, 0.1) is 12.1 Å². The average molecular weight is 848 g/mol. The van der Waals surface area contributed by atoms with Crippen LogP contribution < -0.4 is 0 Å². The van der Waals surface area contributed by atoms with Gasteiger partial charge in [-0.3, -0.25) is 6.08 Å². The Morgan fingerprint density at radius 2 is 1.04 bits per heavy atom. The number of benzene rings is 4. The first-order valence-corrected chi connectivity index (χ1v) is 20.2. The maximum atomic E-state index is 12.7. The molecular formula is C49H54F6Zr. The molecule has 7 heteroatoms. The fourth-order valence-corrected chi connectivity index (χ4v) is 7.60. The van der Waals surface area contributed by atoms with Crippen molar-refractivity contribution in [3.05, 3.63) is 153 Å². The van der Waals surface area contributed by atoms with Crippen molar-refractivity contribution in [1.82, 2.24) is 0 Å². The molecule has 0 aromatic heterocycles. The van der Waals surface area contributed by atoms with E-state index in [2.05, 4.69) is 120 Å². The molecular weight excluding hydrogens is 794 g/mol. The zero-order valence-electron chi connectivity index (χ0n) is 34.8. The summed E-state index contributed by atoms with van der Waals surface area (Å²) in [4.78, 5) is 0. The van der Waals surface area contributed by atoms with Crippen LogP contribution in [0.3, 0.4) is 0 Å². The second-order valence-corrected chi connectivity index (χ2v) is 19.9. The number of allylic oxidation sites excluding steroid dienone is 4. The molecule has 2 aliphatic carbocycles. The van der Waals surface area contributed by atoms with Crippen molar-refractivity contribution < 1.29 is 50.6 Å². The van der Waals surface area contributed by atoms with Gasteiger partial charge < -0.3 is 0 Å². The van der Waals surface area contributed by atoms with Gasteiger partial charge in [0.15, 0.2) is 0 Å². The molecule has 0 N–H and O–H groups in total. The summed E-state index contributed by atoms with van der Waals surface area (Å²) < 4.78 is 76.7. The average Bonchev–Trinajstić information content (AvgIpc) is 3.77. The Morgan fingerprint density at radius 3 is 1.41 bits per heavy atom. The molecule has 0 bridgehead atoms. The molecule has 4 aromatic rings. The first-order valence-electron chi connectivity index (χ1n) is 18.9. The Morgan fingerprint density at radius 1 is 0.571 bits per heavy atom. The minimum atomic E-state index is -4.49.